The van der Waals surface area contributed by atoms with Crippen molar-refractivity contribution >= 4 is 22.8 Å². The van der Waals surface area contributed by atoms with Crippen LogP contribution in [0, 0.1) is 11.8 Å². The summed E-state index contributed by atoms with van der Waals surface area (Å²) in [4.78, 5) is 28.9. The number of fused-ring (bicyclic) bond motifs is 1. The molecule has 0 radical (unpaired) electrons. The van der Waals surface area contributed by atoms with Crippen LogP contribution in [-0.2, 0) is 9.59 Å². The SMILES string of the molecule is O=C(O)C1CCC1C(=O)N1CCC(c2c[nH]c3ccccc23)CC1. The Morgan fingerprint density at radius 3 is 2.42 bits per heavy atom. The van der Waals surface area contributed by atoms with Crippen molar-refractivity contribution in [3.05, 3.63) is 36.0 Å². The van der Waals surface area contributed by atoms with Gasteiger partial charge in [0.25, 0.3) is 0 Å². The lowest BCUT2D eigenvalue weighted by atomic mass is 9.72. The lowest BCUT2D eigenvalue weighted by molar-refractivity contribution is -0.157. The Hall–Kier alpha value is -2.30. The third kappa shape index (κ3) is 2.48. The van der Waals surface area contributed by atoms with E-state index in [1.165, 1.54) is 10.9 Å². The second kappa shape index (κ2) is 5.96. The third-order valence-electron chi connectivity index (χ3n) is 5.78. The molecule has 1 aromatic carbocycles. The average molecular weight is 326 g/mol. The number of carbonyl (C=O) groups is 2. The average Bonchev–Trinajstić information content (AvgIpc) is 2.97. The molecule has 2 N–H and O–H groups in total. The third-order valence-corrected chi connectivity index (χ3v) is 5.78. The molecule has 126 valence electrons. The van der Waals surface area contributed by atoms with Crippen molar-refractivity contribution in [1.29, 1.82) is 0 Å². The summed E-state index contributed by atoms with van der Waals surface area (Å²) >= 11 is 0. The van der Waals surface area contributed by atoms with Gasteiger partial charge in [-0.2, -0.15) is 0 Å². The Labute approximate surface area is 140 Å². The van der Waals surface area contributed by atoms with E-state index in [4.69, 9.17) is 5.11 Å². The molecule has 1 amide bonds. The largest absolute Gasteiger partial charge is 0.481 e. The molecule has 2 unspecified atom stereocenters. The molecule has 0 spiro atoms. The molecule has 1 aliphatic heterocycles. The molecule has 2 aliphatic rings. The fourth-order valence-electron chi connectivity index (χ4n) is 4.17. The van der Waals surface area contributed by atoms with E-state index >= 15 is 0 Å². The van der Waals surface area contributed by atoms with Crippen LogP contribution in [0.3, 0.4) is 0 Å². The van der Waals surface area contributed by atoms with E-state index in [-0.39, 0.29) is 11.8 Å². The zero-order valence-corrected chi connectivity index (χ0v) is 13.6. The van der Waals surface area contributed by atoms with Gasteiger partial charge in [-0.3, -0.25) is 9.59 Å². The number of benzene rings is 1. The van der Waals surface area contributed by atoms with Crippen molar-refractivity contribution in [2.45, 2.75) is 31.6 Å². The number of H-pyrrole nitrogens is 1. The number of nitrogens with zero attached hydrogens (tertiary/aromatic N) is 1. The molecule has 1 saturated heterocycles. The van der Waals surface area contributed by atoms with Crippen LogP contribution in [0.1, 0.15) is 37.2 Å². The molecule has 1 aliphatic carbocycles. The van der Waals surface area contributed by atoms with Crippen LogP contribution in [0.2, 0.25) is 0 Å². The quantitative estimate of drug-likeness (QED) is 0.910. The molecular formula is C19H22N2O3. The van der Waals surface area contributed by atoms with Crippen LogP contribution in [0.25, 0.3) is 10.9 Å². The number of carboxylic acid groups (broad SMARTS) is 1. The van der Waals surface area contributed by atoms with Gasteiger partial charge in [-0.25, -0.2) is 0 Å². The first kappa shape index (κ1) is 15.2. The Morgan fingerprint density at radius 1 is 1.04 bits per heavy atom. The number of aromatic amines is 1. The van der Waals surface area contributed by atoms with Crippen molar-refractivity contribution in [2.24, 2.45) is 11.8 Å². The van der Waals surface area contributed by atoms with Crippen molar-refractivity contribution in [3.63, 3.8) is 0 Å². The number of hydrogen-bond donors (Lipinski definition) is 2. The zero-order chi connectivity index (χ0) is 16.7. The highest BCUT2D eigenvalue weighted by atomic mass is 16.4. The highest BCUT2D eigenvalue weighted by Gasteiger charge is 2.43. The van der Waals surface area contributed by atoms with Crippen LogP contribution < -0.4 is 0 Å². The van der Waals surface area contributed by atoms with Crippen molar-refractivity contribution < 1.29 is 14.7 Å². The Morgan fingerprint density at radius 2 is 1.75 bits per heavy atom. The summed E-state index contributed by atoms with van der Waals surface area (Å²) in [5.41, 5.74) is 2.49. The van der Waals surface area contributed by atoms with Crippen molar-refractivity contribution in [3.8, 4) is 0 Å². The van der Waals surface area contributed by atoms with Gasteiger partial charge in [0.15, 0.2) is 0 Å². The molecule has 1 saturated carbocycles. The highest BCUT2D eigenvalue weighted by Crippen LogP contribution is 2.38. The molecule has 2 fully saturated rings. The first-order valence-electron chi connectivity index (χ1n) is 8.72. The maximum atomic E-state index is 12.6. The van der Waals surface area contributed by atoms with Crippen LogP contribution in [0.5, 0.6) is 0 Å². The normalized spacial score (nSPS) is 24.8. The van der Waals surface area contributed by atoms with Crippen LogP contribution >= 0.6 is 0 Å². The predicted octanol–water partition coefficient (Wildman–Crippen LogP) is 2.98. The van der Waals surface area contributed by atoms with Gasteiger partial charge < -0.3 is 15.0 Å². The first-order valence-corrected chi connectivity index (χ1v) is 8.72. The number of nitrogens with one attached hydrogen (secondary N) is 1. The summed E-state index contributed by atoms with van der Waals surface area (Å²) in [7, 11) is 0. The van der Waals surface area contributed by atoms with Gasteiger partial charge in [-0.05, 0) is 43.2 Å². The fraction of sp³-hybridized carbons (Fsp3) is 0.474. The molecule has 2 atom stereocenters. The second-order valence-corrected chi connectivity index (χ2v) is 7.02. The van der Waals surface area contributed by atoms with Gasteiger partial charge in [0.05, 0.1) is 11.8 Å². The van der Waals surface area contributed by atoms with Crippen molar-refractivity contribution in [1.82, 2.24) is 9.88 Å². The lowest BCUT2D eigenvalue weighted by Gasteiger charge is -2.39. The lowest BCUT2D eigenvalue weighted by Crippen LogP contribution is -2.48. The predicted molar refractivity (Wildman–Crippen MR) is 90.7 cm³/mol. The minimum atomic E-state index is -0.826. The summed E-state index contributed by atoms with van der Waals surface area (Å²) in [6.07, 6.45) is 5.34. The molecule has 2 aromatic rings. The van der Waals surface area contributed by atoms with E-state index in [0.717, 1.165) is 37.9 Å². The van der Waals surface area contributed by atoms with E-state index in [1.807, 2.05) is 11.0 Å². The van der Waals surface area contributed by atoms with E-state index in [1.54, 1.807) is 0 Å². The minimum Gasteiger partial charge on any atom is -0.481 e. The van der Waals surface area contributed by atoms with Gasteiger partial charge in [-0.1, -0.05) is 18.2 Å². The number of carbonyl (C=O) groups excluding carboxylic acids is 1. The number of aromatic nitrogens is 1. The number of piperidine rings is 1. The minimum absolute atomic E-state index is 0.0472. The summed E-state index contributed by atoms with van der Waals surface area (Å²) in [6.45, 7) is 1.46. The van der Waals surface area contributed by atoms with Gasteiger partial charge in [0, 0.05) is 30.2 Å². The molecule has 5 heteroatoms. The molecule has 2 heterocycles. The van der Waals surface area contributed by atoms with E-state index < -0.39 is 11.9 Å². The summed E-state index contributed by atoms with van der Waals surface area (Å²) < 4.78 is 0. The second-order valence-electron chi connectivity index (χ2n) is 7.02. The molecule has 24 heavy (non-hydrogen) atoms. The molecule has 1 aromatic heterocycles. The Kier molecular flexibility index (Phi) is 3.79. The number of para-hydroxylation sites is 1. The molecule has 5 nitrogen and oxygen atoms in total. The zero-order valence-electron chi connectivity index (χ0n) is 13.6. The van der Waals surface area contributed by atoms with Gasteiger partial charge in [0.2, 0.25) is 5.91 Å². The number of carboxylic acids is 1. The van der Waals surface area contributed by atoms with Gasteiger partial charge in [-0.15, -0.1) is 0 Å². The van der Waals surface area contributed by atoms with Crippen molar-refractivity contribution in [2.75, 3.05) is 13.1 Å². The molecule has 0 bridgehead atoms. The van der Waals surface area contributed by atoms with E-state index in [2.05, 4.69) is 29.4 Å². The number of hydrogen-bond acceptors (Lipinski definition) is 2. The Bertz CT molecular complexity index is 774. The number of rotatable bonds is 3. The topological polar surface area (TPSA) is 73.4 Å². The smallest absolute Gasteiger partial charge is 0.307 e. The Balaban J connectivity index is 1.42. The fourth-order valence-corrected chi connectivity index (χ4v) is 4.17. The summed E-state index contributed by atoms with van der Waals surface area (Å²) in [5, 5.41) is 10.4. The maximum absolute atomic E-state index is 12.6. The van der Waals surface area contributed by atoms with Crippen LogP contribution in [0.15, 0.2) is 30.5 Å². The summed E-state index contributed by atoms with van der Waals surface area (Å²) in [5.74, 6) is -1.09. The van der Waals surface area contributed by atoms with Gasteiger partial charge >= 0.3 is 5.97 Å². The molecular weight excluding hydrogens is 304 g/mol. The number of likely N-dealkylation sites (tertiary alicyclic amines) is 1. The molecule has 4 rings (SSSR count). The van der Waals surface area contributed by atoms with Crippen LogP contribution in [0.4, 0.5) is 0 Å². The van der Waals surface area contributed by atoms with E-state index in [9.17, 15) is 9.59 Å². The number of amides is 1. The van der Waals surface area contributed by atoms with Crippen LogP contribution in [-0.4, -0.2) is 40.0 Å². The monoisotopic (exact) mass is 326 g/mol. The van der Waals surface area contributed by atoms with E-state index in [0.29, 0.717) is 12.3 Å². The summed E-state index contributed by atoms with van der Waals surface area (Å²) in [6, 6.07) is 8.31. The van der Waals surface area contributed by atoms with Gasteiger partial charge in [0.1, 0.15) is 0 Å². The highest BCUT2D eigenvalue weighted by molar-refractivity contribution is 5.86. The maximum Gasteiger partial charge on any atom is 0.307 e. The first-order chi connectivity index (χ1) is 11.6. The standard InChI is InChI=1S/C19H22N2O3/c22-18(14-5-6-15(14)19(23)24)21-9-7-12(8-10-21)16-11-20-17-4-2-1-3-13(16)17/h1-4,11-12,14-15,20H,5-10H2,(H,23,24). The number of aliphatic carboxylic acids is 1.